The third-order valence-electron chi connectivity index (χ3n) is 3.52. The van der Waals surface area contributed by atoms with E-state index in [2.05, 4.69) is 22.0 Å². The molecule has 0 bridgehead atoms. The Labute approximate surface area is 130 Å². The van der Waals surface area contributed by atoms with Crippen LogP contribution in [0.15, 0.2) is 40.9 Å². The summed E-state index contributed by atoms with van der Waals surface area (Å²) in [6.45, 7) is 0. The van der Waals surface area contributed by atoms with Crippen LogP contribution in [0.1, 0.15) is 34.0 Å². The van der Waals surface area contributed by atoms with Gasteiger partial charge in [0.05, 0.1) is 5.02 Å². The van der Waals surface area contributed by atoms with Crippen LogP contribution < -0.4 is 4.74 Å². The lowest BCUT2D eigenvalue weighted by atomic mass is 10.1. The monoisotopic (exact) mass is 350 g/mol. The van der Waals surface area contributed by atoms with Gasteiger partial charge in [0.1, 0.15) is 18.1 Å². The molecule has 0 saturated carbocycles. The lowest BCUT2D eigenvalue weighted by Gasteiger charge is -2.16. The number of benzene rings is 2. The molecule has 0 unspecified atom stereocenters. The summed E-state index contributed by atoms with van der Waals surface area (Å²) in [6.07, 6.45) is 2.72. The first-order chi connectivity index (χ1) is 9.69. The highest BCUT2D eigenvalue weighted by Crippen LogP contribution is 2.39. The Morgan fingerprint density at radius 1 is 1.30 bits per heavy atom. The second-order valence-corrected chi connectivity index (χ2v) is 6.02. The average molecular weight is 352 g/mol. The van der Waals surface area contributed by atoms with Gasteiger partial charge in [-0.3, -0.25) is 4.79 Å². The standard InChI is InChI=1S/C16H12BrClO2/c17-13-3-1-2-12-11(13)5-7-15(12)20-16-6-4-10(9-19)8-14(16)18/h1-4,6,8-9,15H,5,7H2/t15-/m0/s1. The maximum Gasteiger partial charge on any atom is 0.150 e. The molecule has 0 spiro atoms. The summed E-state index contributed by atoms with van der Waals surface area (Å²) < 4.78 is 7.15. The maximum atomic E-state index is 10.7. The zero-order chi connectivity index (χ0) is 14.1. The van der Waals surface area contributed by atoms with Gasteiger partial charge in [-0.25, -0.2) is 0 Å². The van der Waals surface area contributed by atoms with Gasteiger partial charge in [0.25, 0.3) is 0 Å². The topological polar surface area (TPSA) is 26.3 Å². The van der Waals surface area contributed by atoms with E-state index in [1.54, 1.807) is 18.2 Å². The molecule has 0 amide bonds. The summed E-state index contributed by atoms with van der Waals surface area (Å²) in [5, 5.41) is 0.470. The first-order valence-corrected chi connectivity index (χ1v) is 7.55. The molecule has 0 saturated heterocycles. The Hall–Kier alpha value is -1.32. The maximum absolute atomic E-state index is 10.7. The number of fused-ring (bicyclic) bond motifs is 1. The van der Waals surface area contributed by atoms with Crippen LogP contribution in [0.2, 0.25) is 5.02 Å². The third kappa shape index (κ3) is 2.48. The largest absolute Gasteiger partial charge is 0.484 e. The molecule has 0 aliphatic heterocycles. The second kappa shape index (κ2) is 5.58. The molecule has 0 radical (unpaired) electrons. The van der Waals surface area contributed by atoms with Gasteiger partial charge in [0.2, 0.25) is 0 Å². The van der Waals surface area contributed by atoms with E-state index in [1.807, 2.05) is 12.1 Å². The van der Waals surface area contributed by atoms with E-state index in [4.69, 9.17) is 16.3 Å². The van der Waals surface area contributed by atoms with Crippen molar-refractivity contribution >= 4 is 33.8 Å². The van der Waals surface area contributed by atoms with Crippen molar-refractivity contribution in [1.82, 2.24) is 0 Å². The fraction of sp³-hybridized carbons (Fsp3) is 0.188. The minimum atomic E-state index is 0.0158. The second-order valence-electron chi connectivity index (χ2n) is 4.76. The van der Waals surface area contributed by atoms with Crippen molar-refractivity contribution < 1.29 is 9.53 Å². The number of halogens is 2. The van der Waals surface area contributed by atoms with Gasteiger partial charge >= 0.3 is 0 Å². The molecule has 0 heterocycles. The van der Waals surface area contributed by atoms with Crippen LogP contribution >= 0.6 is 27.5 Å². The Balaban J connectivity index is 1.87. The van der Waals surface area contributed by atoms with Gasteiger partial charge in [-0.2, -0.15) is 0 Å². The van der Waals surface area contributed by atoms with E-state index < -0.39 is 0 Å². The summed E-state index contributed by atoms with van der Waals surface area (Å²) in [6, 6.07) is 11.2. The molecule has 2 aromatic carbocycles. The lowest BCUT2D eigenvalue weighted by Crippen LogP contribution is -2.04. The molecule has 1 aliphatic carbocycles. The quantitative estimate of drug-likeness (QED) is 0.729. The summed E-state index contributed by atoms with van der Waals surface area (Å²) >= 11 is 9.72. The van der Waals surface area contributed by atoms with Gasteiger partial charge in [-0.15, -0.1) is 0 Å². The molecule has 0 N–H and O–H groups in total. The molecule has 0 fully saturated rings. The number of ether oxygens (including phenoxy) is 1. The molecule has 2 aromatic rings. The highest BCUT2D eigenvalue weighted by molar-refractivity contribution is 9.10. The Bertz CT molecular complexity index is 670. The molecule has 1 atom stereocenters. The van der Waals surface area contributed by atoms with Crippen LogP contribution in [0, 0.1) is 0 Å². The van der Waals surface area contributed by atoms with Crippen molar-refractivity contribution in [3.05, 3.63) is 62.6 Å². The van der Waals surface area contributed by atoms with E-state index in [9.17, 15) is 4.79 Å². The number of rotatable bonds is 3. The highest BCUT2D eigenvalue weighted by Gasteiger charge is 2.26. The molecular formula is C16H12BrClO2. The summed E-state index contributed by atoms with van der Waals surface area (Å²) in [4.78, 5) is 10.7. The Kier molecular flexibility index (Phi) is 3.81. The zero-order valence-corrected chi connectivity index (χ0v) is 12.9. The van der Waals surface area contributed by atoms with Crippen molar-refractivity contribution in [2.45, 2.75) is 18.9 Å². The van der Waals surface area contributed by atoms with Crippen LogP contribution in [-0.2, 0) is 6.42 Å². The highest BCUT2D eigenvalue weighted by atomic mass is 79.9. The van der Waals surface area contributed by atoms with Crippen molar-refractivity contribution in [2.75, 3.05) is 0 Å². The zero-order valence-electron chi connectivity index (χ0n) is 10.6. The van der Waals surface area contributed by atoms with Crippen molar-refractivity contribution in [3.8, 4) is 5.75 Å². The van der Waals surface area contributed by atoms with Gasteiger partial charge in [0.15, 0.2) is 0 Å². The fourth-order valence-electron chi connectivity index (χ4n) is 2.53. The van der Waals surface area contributed by atoms with Gasteiger partial charge in [-0.05, 0) is 48.2 Å². The number of aldehydes is 1. The number of hydrogen-bond donors (Lipinski definition) is 0. The van der Waals surface area contributed by atoms with Crippen LogP contribution in [0.5, 0.6) is 5.75 Å². The summed E-state index contributed by atoms with van der Waals surface area (Å²) in [5.74, 6) is 0.620. The fourth-order valence-corrected chi connectivity index (χ4v) is 3.35. The first-order valence-electron chi connectivity index (χ1n) is 6.37. The average Bonchev–Trinajstić information content (AvgIpc) is 2.86. The van der Waals surface area contributed by atoms with Crippen LogP contribution in [0.4, 0.5) is 0 Å². The number of carbonyl (C=O) groups excluding carboxylic acids is 1. The predicted molar refractivity (Wildman–Crippen MR) is 82.7 cm³/mol. The van der Waals surface area contributed by atoms with E-state index in [0.717, 1.165) is 23.6 Å². The summed E-state index contributed by atoms with van der Waals surface area (Å²) in [7, 11) is 0. The van der Waals surface area contributed by atoms with Crippen molar-refractivity contribution in [1.29, 1.82) is 0 Å². The molecule has 0 aromatic heterocycles. The SMILES string of the molecule is O=Cc1ccc(O[C@H]2CCc3c(Br)cccc32)c(Cl)c1. The van der Waals surface area contributed by atoms with Gasteiger partial charge in [0, 0.05) is 10.0 Å². The molecule has 1 aliphatic rings. The Morgan fingerprint density at radius 2 is 2.15 bits per heavy atom. The normalized spacial score (nSPS) is 16.8. The molecule has 102 valence electrons. The first kappa shape index (κ1) is 13.7. The van der Waals surface area contributed by atoms with Crippen molar-refractivity contribution in [3.63, 3.8) is 0 Å². The summed E-state index contributed by atoms with van der Waals surface area (Å²) in [5.41, 5.74) is 3.06. The van der Waals surface area contributed by atoms with Crippen LogP contribution in [0.25, 0.3) is 0 Å². The molecule has 20 heavy (non-hydrogen) atoms. The molecule has 4 heteroatoms. The minimum Gasteiger partial charge on any atom is -0.484 e. The molecule has 3 rings (SSSR count). The predicted octanol–water partition coefficient (Wildman–Crippen LogP) is 4.98. The van der Waals surface area contributed by atoms with Gasteiger partial charge in [-0.1, -0.05) is 39.7 Å². The minimum absolute atomic E-state index is 0.0158. The van der Waals surface area contributed by atoms with E-state index >= 15 is 0 Å². The number of hydrogen-bond acceptors (Lipinski definition) is 2. The smallest absolute Gasteiger partial charge is 0.150 e. The molecular weight excluding hydrogens is 340 g/mol. The van der Waals surface area contributed by atoms with E-state index in [1.165, 1.54) is 11.1 Å². The lowest BCUT2D eigenvalue weighted by molar-refractivity contribution is 0.112. The number of carbonyl (C=O) groups is 1. The van der Waals surface area contributed by atoms with E-state index in [-0.39, 0.29) is 6.10 Å². The van der Waals surface area contributed by atoms with Crippen molar-refractivity contribution in [2.24, 2.45) is 0 Å². The van der Waals surface area contributed by atoms with E-state index in [0.29, 0.717) is 16.3 Å². The van der Waals surface area contributed by atoms with Crippen LogP contribution in [-0.4, -0.2) is 6.29 Å². The van der Waals surface area contributed by atoms with Gasteiger partial charge < -0.3 is 4.74 Å². The Morgan fingerprint density at radius 3 is 2.90 bits per heavy atom. The molecule has 2 nitrogen and oxygen atoms in total. The third-order valence-corrected chi connectivity index (χ3v) is 4.56. The van der Waals surface area contributed by atoms with Crippen LogP contribution in [0.3, 0.4) is 0 Å².